The second kappa shape index (κ2) is 8.51. The molecule has 0 bridgehead atoms. The fourth-order valence-corrected chi connectivity index (χ4v) is 4.62. The summed E-state index contributed by atoms with van der Waals surface area (Å²) in [4.78, 5) is 26.9. The third kappa shape index (κ3) is 4.84. The van der Waals surface area contributed by atoms with Gasteiger partial charge < -0.3 is 9.64 Å². The molecular formula is C20H30N2O5S. The van der Waals surface area contributed by atoms with Gasteiger partial charge in [-0.05, 0) is 71.2 Å². The summed E-state index contributed by atoms with van der Waals surface area (Å²) in [7, 11) is -3.36. The lowest BCUT2D eigenvalue weighted by atomic mass is 10.0. The number of benzene rings is 1. The first-order valence-corrected chi connectivity index (χ1v) is 11.4. The van der Waals surface area contributed by atoms with E-state index in [0.29, 0.717) is 30.6 Å². The number of fused-ring (bicyclic) bond motifs is 1. The van der Waals surface area contributed by atoms with Crippen LogP contribution in [0.2, 0.25) is 0 Å². The summed E-state index contributed by atoms with van der Waals surface area (Å²) < 4.78 is 30.7. The van der Waals surface area contributed by atoms with Crippen LogP contribution in [0.4, 0.5) is 5.69 Å². The molecule has 8 heteroatoms. The van der Waals surface area contributed by atoms with E-state index >= 15 is 0 Å². The molecule has 1 aliphatic heterocycles. The van der Waals surface area contributed by atoms with Crippen LogP contribution in [0.3, 0.4) is 0 Å². The zero-order valence-electron chi connectivity index (χ0n) is 17.4. The Hall–Kier alpha value is -2.09. The first kappa shape index (κ1) is 22.2. The summed E-state index contributed by atoms with van der Waals surface area (Å²) in [6.45, 7) is 9.68. The fraction of sp³-hybridized carbons (Fsp3) is 0.600. The van der Waals surface area contributed by atoms with Crippen LogP contribution in [-0.2, 0) is 26.0 Å². The van der Waals surface area contributed by atoms with Crippen LogP contribution in [0.1, 0.15) is 57.0 Å². The number of hydrogen-bond donors (Lipinski definition) is 0. The third-order valence-corrected chi connectivity index (χ3v) is 5.97. The highest BCUT2D eigenvalue weighted by Gasteiger charge is 2.29. The molecule has 2 rings (SSSR count). The number of ether oxygens (including phenoxy) is 1. The van der Waals surface area contributed by atoms with Gasteiger partial charge in [0, 0.05) is 18.6 Å². The number of nitrogens with zero attached hydrogens (tertiary/aromatic N) is 2. The molecule has 0 N–H and O–H groups in total. The molecule has 156 valence electrons. The highest BCUT2D eigenvalue weighted by molar-refractivity contribution is 7.92. The van der Waals surface area contributed by atoms with Crippen molar-refractivity contribution in [2.45, 2.75) is 65.6 Å². The van der Waals surface area contributed by atoms with Crippen LogP contribution in [0.25, 0.3) is 0 Å². The molecule has 1 heterocycles. The molecule has 0 unspecified atom stereocenters. The minimum atomic E-state index is -3.36. The predicted octanol–water partition coefficient (Wildman–Crippen LogP) is 2.59. The maximum atomic E-state index is 12.7. The van der Waals surface area contributed by atoms with Gasteiger partial charge in [0.15, 0.2) is 6.10 Å². The number of amides is 1. The molecule has 0 aliphatic carbocycles. The Morgan fingerprint density at radius 3 is 2.25 bits per heavy atom. The summed E-state index contributed by atoms with van der Waals surface area (Å²) in [5.41, 5.74) is 1.70. The second-order valence-electron chi connectivity index (χ2n) is 7.76. The largest absolute Gasteiger partial charge is 0.449 e. The maximum Gasteiger partial charge on any atom is 0.338 e. The van der Waals surface area contributed by atoms with Crippen molar-refractivity contribution in [1.82, 2.24) is 4.90 Å². The second-order valence-corrected chi connectivity index (χ2v) is 9.67. The van der Waals surface area contributed by atoms with Crippen LogP contribution in [0.15, 0.2) is 18.2 Å². The van der Waals surface area contributed by atoms with E-state index in [1.54, 1.807) is 30.0 Å². The van der Waals surface area contributed by atoms with E-state index in [1.165, 1.54) is 10.6 Å². The van der Waals surface area contributed by atoms with Gasteiger partial charge in [0.1, 0.15) is 0 Å². The Bertz CT molecular complexity index is 840. The summed E-state index contributed by atoms with van der Waals surface area (Å²) in [5, 5.41) is 0. The van der Waals surface area contributed by atoms with Gasteiger partial charge in [-0.3, -0.25) is 9.10 Å². The molecular weight excluding hydrogens is 380 g/mol. The predicted molar refractivity (Wildman–Crippen MR) is 109 cm³/mol. The molecule has 1 aromatic rings. The zero-order chi connectivity index (χ0) is 21.2. The molecule has 0 saturated heterocycles. The molecule has 1 aromatic carbocycles. The highest BCUT2D eigenvalue weighted by atomic mass is 32.2. The van der Waals surface area contributed by atoms with E-state index in [0.717, 1.165) is 5.56 Å². The van der Waals surface area contributed by atoms with Gasteiger partial charge in [-0.1, -0.05) is 0 Å². The van der Waals surface area contributed by atoms with E-state index in [9.17, 15) is 18.0 Å². The molecule has 7 nitrogen and oxygen atoms in total. The van der Waals surface area contributed by atoms with Crippen molar-refractivity contribution in [2.24, 2.45) is 0 Å². The highest BCUT2D eigenvalue weighted by Crippen LogP contribution is 2.30. The standard InChI is InChI=1S/C20H30N2O5S/c1-13(2)22(14(3)4)19(23)15(5)27-20(24)17-9-10-18-16(12-17)8-7-11-21(18)28(6,25)26/h9-10,12-15H,7-8,11H2,1-6H3/t15-/m1/s1. The molecule has 1 atom stereocenters. The smallest absolute Gasteiger partial charge is 0.338 e. The third-order valence-electron chi connectivity index (χ3n) is 4.79. The number of rotatable bonds is 6. The number of carbonyl (C=O) groups excluding carboxylic acids is 2. The van der Waals surface area contributed by atoms with E-state index in [1.807, 2.05) is 27.7 Å². The van der Waals surface area contributed by atoms with Crippen molar-refractivity contribution in [3.05, 3.63) is 29.3 Å². The molecule has 1 aliphatic rings. The molecule has 0 spiro atoms. The minimum absolute atomic E-state index is 0.000581. The lowest BCUT2D eigenvalue weighted by molar-refractivity contribution is -0.143. The number of aryl methyl sites for hydroxylation is 1. The maximum absolute atomic E-state index is 12.7. The molecule has 1 amide bonds. The summed E-state index contributed by atoms with van der Waals surface area (Å²) in [6.07, 6.45) is 1.64. The lowest BCUT2D eigenvalue weighted by Gasteiger charge is -2.32. The van der Waals surface area contributed by atoms with Gasteiger partial charge in [-0.2, -0.15) is 0 Å². The van der Waals surface area contributed by atoms with Gasteiger partial charge in [-0.25, -0.2) is 13.2 Å². The zero-order valence-corrected chi connectivity index (χ0v) is 18.2. The van der Waals surface area contributed by atoms with Crippen molar-refractivity contribution in [3.63, 3.8) is 0 Å². The normalized spacial score (nSPS) is 15.4. The van der Waals surface area contributed by atoms with E-state index < -0.39 is 22.1 Å². The van der Waals surface area contributed by atoms with Crippen LogP contribution in [0.5, 0.6) is 0 Å². The monoisotopic (exact) mass is 410 g/mol. The number of hydrogen-bond acceptors (Lipinski definition) is 5. The summed E-state index contributed by atoms with van der Waals surface area (Å²) in [5.74, 6) is -0.827. The Labute approximate surface area is 167 Å². The van der Waals surface area contributed by atoms with Gasteiger partial charge in [0.05, 0.1) is 17.5 Å². The first-order chi connectivity index (χ1) is 12.9. The average Bonchev–Trinajstić information content (AvgIpc) is 2.59. The van der Waals surface area contributed by atoms with Crippen molar-refractivity contribution in [2.75, 3.05) is 17.1 Å². The van der Waals surface area contributed by atoms with Crippen LogP contribution in [-0.4, -0.2) is 56.2 Å². The lowest BCUT2D eigenvalue weighted by Crippen LogP contribution is -2.47. The van der Waals surface area contributed by atoms with E-state index in [4.69, 9.17) is 4.74 Å². The van der Waals surface area contributed by atoms with Crippen LogP contribution >= 0.6 is 0 Å². The quantitative estimate of drug-likeness (QED) is 0.673. The fourth-order valence-electron chi connectivity index (χ4n) is 3.63. The Balaban J connectivity index is 2.18. The number of carbonyl (C=O) groups is 2. The topological polar surface area (TPSA) is 84.0 Å². The number of sulfonamides is 1. The number of anilines is 1. The van der Waals surface area contributed by atoms with Gasteiger partial charge in [0.25, 0.3) is 5.91 Å². The molecule has 0 aromatic heterocycles. The Kier molecular flexibility index (Phi) is 6.75. The van der Waals surface area contributed by atoms with Crippen LogP contribution in [0, 0.1) is 0 Å². The van der Waals surface area contributed by atoms with Crippen molar-refractivity contribution in [1.29, 1.82) is 0 Å². The summed E-state index contributed by atoms with van der Waals surface area (Å²) >= 11 is 0. The van der Waals surface area contributed by atoms with Crippen molar-refractivity contribution >= 4 is 27.6 Å². The molecule has 28 heavy (non-hydrogen) atoms. The van der Waals surface area contributed by atoms with E-state index in [-0.39, 0.29) is 18.0 Å². The van der Waals surface area contributed by atoms with Crippen molar-refractivity contribution in [3.8, 4) is 0 Å². The Morgan fingerprint density at radius 2 is 1.71 bits per heavy atom. The summed E-state index contributed by atoms with van der Waals surface area (Å²) in [6, 6.07) is 4.84. The van der Waals surface area contributed by atoms with E-state index in [2.05, 4.69) is 0 Å². The first-order valence-electron chi connectivity index (χ1n) is 9.57. The minimum Gasteiger partial charge on any atom is -0.449 e. The van der Waals surface area contributed by atoms with Crippen LogP contribution < -0.4 is 4.31 Å². The van der Waals surface area contributed by atoms with Gasteiger partial charge in [-0.15, -0.1) is 0 Å². The molecule has 0 radical (unpaired) electrons. The molecule has 0 saturated carbocycles. The SMILES string of the molecule is CC(C)N(C(=O)[C@@H](C)OC(=O)c1ccc2c(c1)CCCN2S(C)(=O)=O)C(C)C. The Morgan fingerprint density at radius 1 is 1.11 bits per heavy atom. The number of esters is 1. The van der Waals surface area contributed by atoms with Gasteiger partial charge >= 0.3 is 5.97 Å². The molecule has 0 fully saturated rings. The van der Waals surface area contributed by atoms with Gasteiger partial charge in [0.2, 0.25) is 10.0 Å². The van der Waals surface area contributed by atoms with Crippen molar-refractivity contribution < 1.29 is 22.7 Å². The average molecular weight is 411 g/mol.